The van der Waals surface area contributed by atoms with Gasteiger partial charge in [-0.1, -0.05) is 30.3 Å². The van der Waals surface area contributed by atoms with Crippen molar-refractivity contribution in [2.24, 2.45) is 5.92 Å². The van der Waals surface area contributed by atoms with Crippen LogP contribution in [0, 0.1) is 11.7 Å². The fourth-order valence-corrected chi connectivity index (χ4v) is 3.46. The van der Waals surface area contributed by atoms with Crippen LogP contribution in [0.4, 0.5) is 4.39 Å². The molecule has 0 saturated carbocycles. The molecule has 5 heteroatoms. The first-order valence-electron chi connectivity index (χ1n) is 9.47. The number of piperidine rings is 1. The Hall–Kier alpha value is -2.69. The number of amides is 2. The van der Waals surface area contributed by atoms with Gasteiger partial charge in [-0.2, -0.15) is 0 Å². The summed E-state index contributed by atoms with van der Waals surface area (Å²) in [5, 5.41) is 2.62. The van der Waals surface area contributed by atoms with Crippen molar-refractivity contribution in [2.75, 3.05) is 19.6 Å². The second-order valence-corrected chi connectivity index (χ2v) is 7.04. The second-order valence-electron chi connectivity index (χ2n) is 7.04. The lowest BCUT2D eigenvalue weighted by Crippen LogP contribution is -2.44. The number of nitrogens with zero attached hydrogens (tertiary/aromatic N) is 1. The minimum absolute atomic E-state index is 0.0229. The van der Waals surface area contributed by atoms with Gasteiger partial charge in [0.1, 0.15) is 5.82 Å². The van der Waals surface area contributed by atoms with Crippen molar-refractivity contribution in [2.45, 2.75) is 25.7 Å². The van der Waals surface area contributed by atoms with Crippen LogP contribution in [-0.4, -0.2) is 36.3 Å². The van der Waals surface area contributed by atoms with Crippen LogP contribution in [0.1, 0.15) is 35.2 Å². The van der Waals surface area contributed by atoms with E-state index >= 15 is 0 Å². The number of aryl methyl sites for hydroxylation is 1. The fraction of sp³-hybridized carbons (Fsp3) is 0.364. The zero-order chi connectivity index (χ0) is 19.1. The first-order valence-corrected chi connectivity index (χ1v) is 9.47. The highest BCUT2D eigenvalue weighted by atomic mass is 19.1. The van der Waals surface area contributed by atoms with E-state index in [2.05, 4.69) is 29.6 Å². The number of likely N-dealkylation sites (tertiary alicyclic amines) is 1. The van der Waals surface area contributed by atoms with Gasteiger partial charge in [-0.05, 0) is 61.4 Å². The number of hydrogen-bond acceptors (Lipinski definition) is 2. The SMILES string of the molecule is O=C(NCC(=O)N1CCC(CCc2ccccc2)CC1)c1ccc(F)cc1. The Morgan fingerprint density at radius 1 is 1.00 bits per heavy atom. The molecule has 0 bridgehead atoms. The Morgan fingerprint density at radius 3 is 2.33 bits per heavy atom. The molecule has 0 aliphatic carbocycles. The van der Waals surface area contributed by atoms with Gasteiger partial charge in [-0.3, -0.25) is 9.59 Å². The van der Waals surface area contributed by atoms with Crippen molar-refractivity contribution in [3.05, 3.63) is 71.5 Å². The summed E-state index contributed by atoms with van der Waals surface area (Å²) in [5.74, 6) is -0.172. The van der Waals surface area contributed by atoms with Crippen molar-refractivity contribution in [3.8, 4) is 0 Å². The van der Waals surface area contributed by atoms with Crippen LogP contribution in [0.25, 0.3) is 0 Å². The van der Waals surface area contributed by atoms with Gasteiger partial charge in [0.25, 0.3) is 5.91 Å². The summed E-state index contributed by atoms with van der Waals surface area (Å²) in [5.41, 5.74) is 1.71. The highest BCUT2D eigenvalue weighted by Crippen LogP contribution is 2.22. The summed E-state index contributed by atoms with van der Waals surface area (Å²) in [6.07, 6.45) is 4.23. The molecule has 0 aromatic heterocycles. The Balaban J connectivity index is 1.38. The zero-order valence-corrected chi connectivity index (χ0v) is 15.4. The third kappa shape index (κ3) is 5.64. The Bertz CT molecular complexity index is 754. The van der Waals surface area contributed by atoms with Gasteiger partial charge in [0.15, 0.2) is 0 Å². The molecule has 1 heterocycles. The Kier molecular flexibility index (Phi) is 6.58. The second kappa shape index (κ2) is 9.31. The molecule has 2 aromatic rings. The molecule has 142 valence electrons. The third-order valence-electron chi connectivity index (χ3n) is 5.16. The lowest BCUT2D eigenvalue weighted by Gasteiger charge is -2.32. The van der Waals surface area contributed by atoms with Gasteiger partial charge in [-0.25, -0.2) is 4.39 Å². The lowest BCUT2D eigenvalue weighted by molar-refractivity contribution is -0.131. The Morgan fingerprint density at radius 2 is 1.67 bits per heavy atom. The molecule has 2 amide bonds. The van der Waals surface area contributed by atoms with Gasteiger partial charge in [-0.15, -0.1) is 0 Å². The number of halogens is 1. The molecular formula is C22H25FN2O2. The molecule has 1 aliphatic heterocycles. The van der Waals surface area contributed by atoms with Gasteiger partial charge < -0.3 is 10.2 Å². The molecule has 27 heavy (non-hydrogen) atoms. The van der Waals surface area contributed by atoms with E-state index in [4.69, 9.17) is 0 Å². The van der Waals surface area contributed by atoms with Crippen LogP contribution in [0.2, 0.25) is 0 Å². The Labute approximate surface area is 159 Å². The monoisotopic (exact) mass is 368 g/mol. The van der Waals surface area contributed by atoms with E-state index in [9.17, 15) is 14.0 Å². The summed E-state index contributed by atoms with van der Waals surface area (Å²) in [6.45, 7) is 1.46. The number of hydrogen-bond donors (Lipinski definition) is 1. The van der Waals surface area contributed by atoms with E-state index in [1.807, 2.05) is 11.0 Å². The maximum atomic E-state index is 12.9. The predicted molar refractivity (Wildman–Crippen MR) is 103 cm³/mol. The summed E-state index contributed by atoms with van der Waals surface area (Å²) in [6, 6.07) is 15.8. The molecule has 0 spiro atoms. The van der Waals surface area contributed by atoms with E-state index in [0.717, 1.165) is 38.8 Å². The highest BCUT2D eigenvalue weighted by molar-refractivity contribution is 5.96. The van der Waals surface area contributed by atoms with Crippen LogP contribution >= 0.6 is 0 Å². The molecule has 4 nitrogen and oxygen atoms in total. The largest absolute Gasteiger partial charge is 0.343 e. The average molecular weight is 368 g/mol. The molecule has 0 unspecified atom stereocenters. The lowest BCUT2D eigenvalue weighted by atomic mass is 9.90. The smallest absolute Gasteiger partial charge is 0.251 e. The zero-order valence-electron chi connectivity index (χ0n) is 15.4. The van der Waals surface area contributed by atoms with Crippen LogP contribution < -0.4 is 5.32 Å². The van der Waals surface area contributed by atoms with Crippen LogP contribution in [0.5, 0.6) is 0 Å². The first kappa shape index (κ1) is 19.1. The summed E-state index contributed by atoms with van der Waals surface area (Å²) < 4.78 is 12.9. The molecule has 1 N–H and O–H groups in total. The van der Waals surface area contributed by atoms with Gasteiger partial charge >= 0.3 is 0 Å². The van der Waals surface area contributed by atoms with Gasteiger partial charge in [0.05, 0.1) is 6.54 Å². The molecular weight excluding hydrogens is 343 g/mol. The highest BCUT2D eigenvalue weighted by Gasteiger charge is 2.22. The number of nitrogens with one attached hydrogen (secondary N) is 1. The minimum atomic E-state index is -0.391. The average Bonchev–Trinajstić information content (AvgIpc) is 2.72. The van der Waals surface area contributed by atoms with E-state index in [-0.39, 0.29) is 18.4 Å². The summed E-state index contributed by atoms with van der Waals surface area (Å²) in [4.78, 5) is 26.2. The van der Waals surface area contributed by atoms with Crippen LogP contribution in [0.3, 0.4) is 0 Å². The fourth-order valence-electron chi connectivity index (χ4n) is 3.46. The normalized spacial score (nSPS) is 14.8. The molecule has 0 atom stereocenters. The quantitative estimate of drug-likeness (QED) is 0.849. The molecule has 2 aromatic carbocycles. The van der Waals surface area contributed by atoms with Crippen LogP contribution in [-0.2, 0) is 11.2 Å². The van der Waals surface area contributed by atoms with E-state index in [0.29, 0.717) is 11.5 Å². The molecule has 3 rings (SSSR count). The maximum absolute atomic E-state index is 12.9. The van der Waals surface area contributed by atoms with Crippen molar-refractivity contribution in [3.63, 3.8) is 0 Å². The minimum Gasteiger partial charge on any atom is -0.343 e. The predicted octanol–water partition coefficient (Wildman–Crippen LogP) is 3.43. The number of benzene rings is 2. The molecule has 1 fully saturated rings. The van der Waals surface area contributed by atoms with E-state index in [1.54, 1.807) is 0 Å². The first-order chi connectivity index (χ1) is 13.1. The van der Waals surface area contributed by atoms with Crippen molar-refractivity contribution in [1.82, 2.24) is 10.2 Å². The summed E-state index contributed by atoms with van der Waals surface area (Å²) in [7, 11) is 0. The van der Waals surface area contributed by atoms with Gasteiger partial charge in [0, 0.05) is 18.7 Å². The van der Waals surface area contributed by atoms with Crippen LogP contribution in [0.15, 0.2) is 54.6 Å². The van der Waals surface area contributed by atoms with Crippen molar-refractivity contribution >= 4 is 11.8 Å². The number of carbonyl (C=O) groups is 2. The molecule has 1 saturated heterocycles. The maximum Gasteiger partial charge on any atom is 0.251 e. The van der Waals surface area contributed by atoms with Gasteiger partial charge in [0.2, 0.25) is 5.91 Å². The van der Waals surface area contributed by atoms with Crippen molar-refractivity contribution in [1.29, 1.82) is 0 Å². The van der Waals surface area contributed by atoms with Crippen molar-refractivity contribution < 1.29 is 14.0 Å². The standard InChI is InChI=1S/C22H25FN2O2/c23-20-10-8-19(9-11-20)22(27)24-16-21(26)25-14-12-18(13-15-25)7-6-17-4-2-1-3-5-17/h1-5,8-11,18H,6-7,12-16H2,(H,24,27). The number of carbonyl (C=O) groups excluding carboxylic acids is 2. The third-order valence-corrected chi connectivity index (χ3v) is 5.16. The molecule has 0 radical (unpaired) electrons. The molecule has 1 aliphatic rings. The summed E-state index contributed by atoms with van der Waals surface area (Å²) >= 11 is 0. The number of rotatable bonds is 6. The topological polar surface area (TPSA) is 49.4 Å². The van der Waals surface area contributed by atoms with E-state index in [1.165, 1.54) is 29.8 Å². The van der Waals surface area contributed by atoms with E-state index < -0.39 is 5.82 Å².